The highest BCUT2D eigenvalue weighted by Crippen LogP contribution is 2.68. The molecule has 0 saturated heterocycles. The van der Waals surface area contributed by atoms with E-state index in [0.29, 0.717) is 19.3 Å². The van der Waals surface area contributed by atoms with E-state index in [9.17, 15) is 14.4 Å². The van der Waals surface area contributed by atoms with Gasteiger partial charge in [-0.3, -0.25) is 14.4 Å². The minimum absolute atomic E-state index is 0.0603. The molecule has 26 heavy (non-hydrogen) atoms. The molecule has 4 aliphatic rings. The molecular weight excluding hydrogens is 331 g/mol. The molecule has 0 aromatic rings. The molecule has 7 atom stereocenters. The smallest absolute Gasteiger partial charge is 0.180 e. The summed E-state index contributed by atoms with van der Waals surface area (Å²) in [6, 6.07) is 0. The molecule has 3 saturated carbocycles. The van der Waals surface area contributed by atoms with Crippen molar-refractivity contribution in [1.82, 2.24) is 0 Å². The molecule has 0 bridgehead atoms. The third kappa shape index (κ3) is 1.96. The topological polar surface area (TPSA) is 51.2 Å². The van der Waals surface area contributed by atoms with Crippen molar-refractivity contribution in [1.29, 1.82) is 0 Å². The third-order valence-electron chi connectivity index (χ3n) is 8.60. The molecule has 0 radical (unpaired) electrons. The number of Topliss-reactive ketones (excluding diaryl/α,β-unsaturated/α-hetero) is 2. The van der Waals surface area contributed by atoms with Crippen molar-refractivity contribution in [2.45, 2.75) is 71.9 Å². The van der Waals surface area contributed by atoms with E-state index in [1.165, 1.54) is 0 Å². The van der Waals surface area contributed by atoms with Crippen molar-refractivity contribution in [2.24, 2.45) is 34.5 Å². The minimum Gasteiger partial charge on any atom is -0.300 e. The highest BCUT2D eigenvalue weighted by atomic mass is 19.1. The maximum Gasteiger partial charge on any atom is 0.180 e. The minimum atomic E-state index is -1.90. The predicted molar refractivity (Wildman–Crippen MR) is 96.2 cm³/mol. The van der Waals surface area contributed by atoms with E-state index in [1.54, 1.807) is 13.0 Å². The summed E-state index contributed by atoms with van der Waals surface area (Å²) in [7, 11) is 0. The first kappa shape index (κ1) is 18.1. The van der Waals surface area contributed by atoms with E-state index in [2.05, 4.69) is 0 Å². The number of carbonyl (C=O) groups is 3. The van der Waals surface area contributed by atoms with Crippen molar-refractivity contribution < 1.29 is 18.8 Å². The summed E-state index contributed by atoms with van der Waals surface area (Å²) in [5, 5.41) is 0. The average molecular weight is 360 g/mol. The SMILES string of the molecule is CC(=O)[C@H]1CC[C@H]2[C@@H]3CCC4=CC(=O)[C@@H](C)C[C@]4(C)[C@@]3(F)C(=O)C[C@]12C. The van der Waals surface area contributed by atoms with Gasteiger partial charge in [0.25, 0.3) is 0 Å². The molecule has 0 aromatic carbocycles. The molecule has 0 heterocycles. The molecule has 0 amide bonds. The summed E-state index contributed by atoms with van der Waals surface area (Å²) in [5.74, 6) is -0.767. The molecule has 0 N–H and O–H groups in total. The normalized spacial score (nSPS) is 50.6. The van der Waals surface area contributed by atoms with E-state index in [1.807, 2.05) is 20.8 Å². The van der Waals surface area contributed by atoms with Crippen LogP contribution in [-0.2, 0) is 14.4 Å². The zero-order valence-electron chi connectivity index (χ0n) is 16.2. The lowest BCUT2D eigenvalue weighted by Crippen LogP contribution is -2.66. The van der Waals surface area contributed by atoms with Crippen molar-refractivity contribution >= 4 is 17.3 Å². The van der Waals surface area contributed by atoms with Gasteiger partial charge in [-0.15, -0.1) is 0 Å². The summed E-state index contributed by atoms with van der Waals surface area (Å²) in [6.07, 6.45) is 5.08. The van der Waals surface area contributed by atoms with E-state index in [0.717, 1.165) is 18.4 Å². The van der Waals surface area contributed by atoms with Crippen LogP contribution in [0.15, 0.2) is 11.6 Å². The van der Waals surface area contributed by atoms with Crippen LogP contribution < -0.4 is 0 Å². The fourth-order valence-electron chi connectivity index (χ4n) is 7.28. The number of alkyl halides is 1. The molecule has 3 fully saturated rings. The zero-order chi connectivity index (χ0) is 19.1. The Labute approximate surface area is 154 Å². The first-order chi connectivity index (χ1) is 12.1. The maximum absolute atomic E-state index is 16.8. The Morgan fingerprint density at radius 2 is 1.85 bits per heavy atom. The first-order valence-electron chi connectivity index (χ1n) is 10.0. The van der Waals surface area contributed by atoms with Crippen molar-refractivity contribution in [3.8, 4) is 0 Å². The number of halogens is 1. The Balaban J connectivity index is 1.81. The molecule has 3 nitrogen and oxygen atoms in total. The van der Waals surface area contributed by atoms with Gasteiger partial charge in [0, 0.05) is 29.6 Å². The van der Waals surface area contributed by atoms with E-state index < -0.39 is 16.5 Å². The Bertz CT molecular complexity index is 740. The van der Waals surface area contributed by atoms with Crippen LogP contribution in [0.25, 0.3) is 0 Å². The van der Waals surface area contributed by atoms with Crippen molar-refractivity contribution in [2.75, 3.05) is 0 Å². The molecule has 0 aliphatic heterocycles. The van der Waals surface area contributed by atoms with Crippen molar-refractivity contribution in [3.05, 3.63) is 11.6 Å². The van der Waals surface area contributed by atoms with Crippen LogP contribution >= 0.6 is 0 Å². The summed E-state index contributed by atoms with van der Waals surface area (Å²) in [4.78, 5) is 37.7. The number of ketones is 3. The van der Waals surface area contributed by atoms with Gasteiger partial charge in [-0.05, 0) is 56.4 Å². The van der Waals surface area contributed by atoms with Crippen LogP contribution in [0.5, 0.6) is 0 Å². The summed E-state index contributed by atoms with van der Waals surface area (Å²) in [5.41, 5.74) is -2.35. The van der Waals surface area contributed by atoms with Gasteiger partial charge in [0.15, 0.2) is 17.2 Å². The number of allylic oxidation sites excluding steroid dienone is 1. The number of rotatable bonds is 1. The summed E-state index contributed by atoms with van der Waals surface area (Å²) >= 11 is 0. The number of hydrogen-bond donors (Lipinski definition) is 0. The molecule has 4 aliphatic carbocycles. The molecule has 142 valence electrons. The van der Waals surface area contributed by atoms with Gasteiger partial charge in [-0.2, -0.15) is 0 Å². The van der Waals surface area contributed by atoms with Gasteiger partial charge in [0.2, 0.25) is 0 Å². The molecule has 0 unspecified atom stereocenters. The third-order valence-corrected chi connectivity index (χ3v) is 8.60. The number of fused-ring (bicyclic) bond motifs is 5. The molecule has 0 spiro atoms. The largest absolute Gasteiger partial charge is 0.300 e. The second kappa shape index (κ2) is 5.36. The zero-order valence-corrected chi connectivity index (χ0v) is 16.2. The van der Waals surface area contributed by atoms with Crippen LogP contribution in [0, 0.1) is 34.5 Å². The Kier molecular flexibility index (Phi) is 3.72. The monoisotopic (exact) mass is 360 g/mol. The Hall–Kier alpha value is -1.32. The van der Waals surface area contributed by atoms with Gasteiger partial charge < -0.3 is 0 Å². The lowest BCUT2D eigenvalue weighted by Gasteiger charge is -2.60. The van der Waals surface area contributed by atoms with Crippen LogP contribution in [0.2, 0.25) is 0 Å². The summed E-state index contributed by atoms with van der Waals surface area (Å²) < 4.78 is 16.8. The van der Waals surface area contributed by atoms with E-state index >= 15 is 4.39 Å². The average Bonchev–Trinajstić information content (AvgIpc) is 2.88. The number of carbonyl (C=O) groups excluding carboxylic acids is 3. The van der Waals surface area contributed by atoms with Crippen LogP contribution in [0.1, 0.15) is 66.2 Å². The first-order valence-corrected chi connectivity index (χ1v) is 10.0. The highest BCUT2D eigenvalue weighted by Gasteiger charge is 2.71. The highest BCUT2D eigenvalue weighted by molar-refractivity contribution is 5.96. The van der Waals surface area contributed by atoms with Gasteiger partial charge in [-0.25, -0.2) is 4.39 Å². The van der Waals surface area contributed by atoms with Crippen molar-refractivity contribution in [3.63, 3.8) is 0 Å². The van der Waals surface area contributed by atoms with E-state index in [4.69, 9.17) is 0 Å². The van der Waals surface area contributed by atoms with Crippen LogP contribution in [0.3, 0.4) is 0 Å². The second-order valence-electron chi connectivity index (χ2n) is 9.82. The molecule has 4 heteroatoms. The Morgan fingerprint density at radius 3 is 2.50 bits per heavy atom. The quantitative estimate of drug-likeness (QED) is 0.703. The van der Waals surface area contributed by atoms with Gasteiger partial charge in [0.1, 0.15) is 5.78 Å². The lowest BCUT2D eigenvalue weighted by atomic mass is 9.44. The number of hydrogen-bond acceptors (Lipinski definition) is 3. The second-order valence-corrected chi connectivity index (χ2v) is 9.82. The van der Waals surface area contributed by atoms with Gasteiger partial charge in [0.05, 0.1) is 0 Å². The van der Waals surface area contributed by atoms with E-state index in [-0.39, 0.29) is 47.4 Å². The standard InChI is InChI=1S/C22H29FO3/c1-12-10-21(4)14(9-18(12)25)5-6-17-16-8-7-15(13(2)24)20(16,3)11-19(26)22(17,21)23/h9,12,15-17H,5-8,10-11H2,1-4H3/t12-,15+,16-,17-,20+,21-,22-/m0/s1. The molecule has 0 aromatic heterocycles. The van der Waals surface area contributed by atoms with Gasteiger partial charge >= 0.3 is 0 Å². The fourth-order valence-corrected chi connectivity index (χ4v) is 7.28. The molecule has 4 rings (SSSR count). The summed E-state index contributed by atoms with van der Waals surface area (Å²) in [6.45, 7) is 7.35. The Morgan fingerprint density at radius 1 is 1.15 bits per heavy atom. The van der Waals surface area contributed by atoms with Gasteiger partial charge in [-0.1, -0.05) is 26.3 Å². The maximum atomic E-state index is 16.8. The predicted octanol–water partition coefficient (Wildman–Crippen LogP) is 4.24. The van der Waals surface area contributed by atoms with Crippen LogP contribution in [-0.4, -0.2) is 23.0 Å². The van der Waals surface area contributed by atoms with Crippen LogP contribution in [0.4, 0.5) is 4.39 Å². The lowest BCUT2D eigenvalue weighted by molar-refractivity contribution is -0.175. The molecular formula is C22H29FO3. The fraction of sp³-hybridized carbons (Fsp3) is 0.773.